The normalized spacial score (nSPS) is 12.1. The van der Waals surface area contributed by atoms with Crippen molar-refractivity contribution < 1.29 is 4.79 Å². The van der Waals surface area contributed by atoms with Crippen LogP contribution in [0, 0.1) is 5.92 Å². The van der Waals surface area contributed by atoms with Crippen LogP contribution in [0.2, 0.25) is 0 Å². The van der Waals surface area contributed by atoms with Crippen molar-refractivity contribution in [3.05, 3.63) is 30.1 Å². The molecule has 17 heavy (non-hydrogen) atoms. The van der Waals surface area contributed by atoms with Crippen LogP contribution in [0.1, 0.15) is 31.7 Å². The maximum atomic E-state index is 11.6. The average molecular weight is 235 g/mol. The molecule has 0 aliphatic carbocycles. The Labute approximate surface area is 103 Å². The van der Waals surface area contributed by atoms with Gasteiger partial charge in [0.2, 0.25) is 5.91 Å². The van der Waals surface area contributed by atoms with E-state index in [9.17, 15) is 4.79 Å². The number of nitrogens with one attached hydrogen (secondary N) is 1. The Hall–Kier alpha value is -1.42. The summed E-state index contributed by atoms with van der Waals surface area (Å²) in [5.74, 6) is 0.623. The second-order valence-corrected chi connectivity index (χ2v) is 4.35. The number of nitrogens with zero attached hydrogens (tertiary/aromatic N) is 1. The fourth-order valence-corrected chi connectivity index (χ4v) is 1.60. The van der Waals surface area contributed by atoms with Crippen LogP contribution >= 0.6 is 0 Å². The fraction of sp³-hybridized carbons (Fsp3) is 0.538. The summed E-state index contributed by atoms with van der Waals surface area (Å²) in [5, 5.41) is 2.90. The molecule has 0 saturated heterocycles. The van der Waals surface area contributed by atoms with E-state index in [-0.39, 0.29) is 5.91 Å². The topological polar surface area (TPSA) is 68.0 Å². The molecule has 0 fully saturated rings. The summed E-state index contributed by atoms with van der Waals surface area (Å²) in [6.07, 6.45) is 5.92. The molecular weight excluding hydrogens is 214 g/mol. The smallest absolute Gasteiger partial charge is 0.220 e. The monoisotopic (exact) mass is 235 g/mol. The third kappa shape index (κ3) is 6.02. The van der Waals surface area contributed by atoms with Crippen LogP contribution in [0.15, 0.2) is 24.5 Å². The van der Waals surface area contributed by atoms with E-state index >= 15 is 0 Å². The number of amides is 1. The Balaban J connectivity index is 2.17. The summed E-state index contributed by atoms with van der Waals surface area (Å²) in [7, 11) is 0. The van der Waals surface area contributed by atoms with Crippen LogP contribution in [0.3, 0.4) is 0 Å². The van der Waals surface area contributed by atoms with Crippen molar-refractivity contribution in [2.45, 2.75) is 32.7 Å². The molecule has 1 unspecified atom stereocenters. The lowest BCUT2D eigenvalue weighted by molar-refractivity contribution is -0.121. The van der Waals surface area contributed by atoms with Crippen molar-refractivity contribution >= 4 is 5.91 Å². The number of aromatic nitrogens is 1. The number of nitrogens with two attached hydrogens (primary N) is 1. The highest BCUT2D eigenvalue weighted by atomic mass is 16.1. The molecule has 0 aromatic carbocycles. The van der Waals surface area contributed by atoms with Gasteiger partial charge in [-0.1, -0.05) is 6.92 Å². The minimum atomic E-state index is 0.102. The zero-order valence-electron chi connectivity index (χ0n) is 10.4. The molecular formula is C13H21N3O. The van der Waals surface area contributed by atoms with Crippen molar-refractivity contribution in [1.29, 1.82) is 0 Å². The molecule has 1 amide bonds. The Bertz CT molecular complexity index is 327. The van der Waals surface area contributed by atoms with Crippen LogP contribution in [0.4, 0.5) is 0 Å². The first-order chi connectivity index (χ1) is 8.22. The van der Waals surface area contributed by atoms with E-state index in [0.717, 1.165) is 18.4 Å². The minimum absolute atomic E-state index is 0.102. The fourth-order valence-electron chi connectivity index (χ4n) is 1.60. The van der Waals surface area contributed by atoms with E-state index in [0.29, 0.717) is 25.4 Å². The Morgan fingerprint density at radius 2 is 2.12 bits per heavy atom. The predicted octanol–water partition coefficient (Wildman–Crippen LogP) is 1.46. The molecule has 94 valence electrons. The van der Waals surface area contributed by atoms with E-state index in [1.165, 1.54) is 0 Å². The zero-order chi connectivity index (χ0) is 12.5. The number of rotatable bonds is 7. The lowest BCUT2D eigenvalue weighted by atomic mass is 10.0. The lowest BCUT2D eigenvalue weighted by Gasteiger charge is -2.09. The van der Waals surface area contributed by atoms with Gasteiger partial charge in [-0.05, 0) is 43.0 Å². The minimum Gasteiger partial charge on any atom is -0.352 e. The van der Waals surface area contributed by atoms with Gasteiger partial charge < -0.3 is 11.1 Å². The van der Waals surface area contributed by atoms with E-state index in [4.69, 9.17) is 5.73 Å². The van der Waals surface area contributed by atoms with Crippen LogP contribution in [0.5, 0.6) is 0 Å². The molecule has 0 saturated carbocycles. The Morgan fingerprint density at radius 3 is 2.76 bits per heavy atom. The van der Waals surface area contributed by atoms with Crippen molar-refractivity contribution in [2.75, 3.05) is 6.54 Å². The third-order valence-electron chi connectivity index (χ3n) is 2.76. The standard InChI is InChI=1S/C13H21N3O/c1-11(4-7-14)2-3-13(17)16-10-12-5-8-15-9-6-12/h5-6,8-9,11H,2-4,7,10,14H2,1H3,(H,16,17). The maximum Gasteiger partial charge on any atom is 0.220 e. The zero-order valence-corrected chi connectivity index (χ0v) is 10.4. The SMILES string of the molecule is CC(CCN)CCC(=O)NCc1ccncc1. The Kier molecular flexibility index (Phi) is 6.25. The second-order valence-electron chi connectivity index (χ2n) is 4.35. The summed E-state index contributed by atoms with van der Waals surface area (Å²) in [4.78, 5) is 15.5. The Morgan fingerprint density at radius 1 is 1.41 bits per heavy atom. The molecule has 1 aromatic heterocycles. The molecule has 1 atom stereocenters. The van der Waals surface area contributed by atoms with Gasteiger partial charge in [0.1, 0.15) is 0 Å². The van der Waals surface area contributed by atoms with Crippen molar-refractivity contribution in [2.24, 2.45) is 11.7 Å². The first-order valence-corrected chi connectivity index (χ1v) is 6.08. The van der Waals surface area contributed by atoms with Gasteiger partial charge in [-0.2, -0.15) is 0 Å². The quantitative estimate of drug-likeness (QED) is 0.752. The number of hydrogen-bond acceptors (Lipinski definition) is 3. The molecule has 4 nitrogen and oxygen atoms in total. The van der Waals surface area contributed by atoms with E-state index in [1.807, 2.05) is 12.1 Å². The lowest BCUT2D eigenvalue weighted by Crippen LogP contribution is -2.23. The van der Waals surface area contributed by atoms with Gasteiger partial charge in [0.15, 0.2) is 0 Å². The van der Waals surface area contributed by atoms with E-state index < -0.39 is 0 Å². The number of carbonyl (C=O) groups excluding carboxylic acids is 1. The molecule has 0 spiro atoms. The van der Waals surface area contributed by atoms with Crippen LogP contribution in [0.25, 0.3) is 0 Å². The van der Waals surface area contributed by atoms with Gasteiger partial charge in [0.05, 0.1) is 0 Å². The highest BCUT2D eigenvalue weighted by Crippen LogP contribution is 2.08. The molecule has 1 aromatic rings. The number of carbonyl (C=O) groups is 1. The maximum absolute atomic E-state index is 11.6. The summed E-state index contributed by atoms with van der Waals surface area (Å²) in [6, 6.07) is 3.80. The summed E-state index contributed by atoms with van der Waals surface area (Å²) in [6.45, 7) is 3.40. The first kappa shape index (κ1) is 13.6. The third-order valence-corrected chi connectivity index (χ3v) is 2.76. The predicted molar refractivity (Wildman–Crippen MR) is 68.2 cm³/mol. The average Bonchev–Trinajstić information content (AvgIpc) is 2.35. The van der Waals surface area contributed by atoms with E-state index in [2.05, 4.69) is 17.2 Å². The largest absolute Gasteiger partial charge is 0.352 e. The van der Waals surface area contributed by atoms with Gasteiger partial charge in [0.25, 0.3) is 0 Å². The molecule has 1 rings (SSSR count). The molecule has 3 N–H and O–H groups in total. The van der Waals surface area contributed by atoms with Crippen LogP contribution in [-0.4, -0.2) is 17.4 Å². The number of pyridine rings is 1. The molecule has 0 aliphatic rings. The van der Waals surface area contributed by atoms with Gasteiger partial charge in [0, 0.05) is 25.4 Å². The summed E-state index contributed by atoms with van der Waals surface area (Å²) < 4.78 is 0. The van der Waals surface area contributed by atoms with Crippen molar-refractivity contribution in [3.63, 3.8) is 0 Å². The van der Waals surface area contributed by atoms with Crippen LogP contribution in [-0.2, 0) is 11.3 Å². The molecule has 0 aliphatic heterocycles. The van der Waals surface area contributed by atoms with Gasteiger partial charge >= 0.3 is 0 Å². The summed E-state index contributed by atoms with van der Waals surface area (Å²) >= 11 is 0. The summed E-state index contributed by atoms with van der Waals surface area (Å²) in [5.41, 5.74) is 6.54. The van der Waals surface area contributed by atoms with Gasteiger partial charge in [-0.25, -0.2) is 0 Å². The van der Waals surface area contributed by atoms with Crippen molar-refractivity contribution in [1.82, 2.24) is 10.3 Å². The highest BCUT2D eigenvalue weighted by Gasteiger charge is 2.05. The molecule has 4 heteroatoms. The molecule has 0 bridgehead atoms. The first-order valence-electron chi connectivity index (χ1n) is 6.08. The van der Waals surface area contributed by atoms with Gasteiger partial charge in [-0.15, -0.1) is 0 Å². The van der Waals surface area contributed by atoms with Gasteiger partial charge in [-0.3, -0.25) is 9.78 Å². The molecule has 1 heterocycles. The van der Waals surface area contributed by atoms with E-state index in [1.54, 1.807) is 12.4 Å². The second kappa shape index (κ2) is 7.79. The number of hydrogen-bond donors (Lipinski definition) is 2. The van der Waals surface area contributed by atoms with Crippen LogP contribution < -0.4 is 11.1 Å². The van der Waals surface area contributed by atoms with Crippen molar-refractivity contribution in [3.8, 4) is 0 Å². The highest BCUT2D eigenvalue weighted by molar-refractivity contribution is 5.75. The molecule has 0 radical (unpaired) electrons.